The number of benzene rings is 1. The molecule has 2 aromatic heterocycles. The van der Waals surface area contributed by atoms with Crippen LogP contribution in [0.5, 0.6) is 5.75 Å². The van der Waals surface area contributed by atoms with Gasteiger partial charge >= 0.3 is 0 Å². The maximum atomic E-state index is 6.24. The number of hydrogen-bond donors (Lipinski definition) is 1. The van der Waals surface area contributed by atoms with E-state index in [1.165, 1.54) is 5.56 Å². The third-order valence-corrected chi connectivity index (χ3v) is 4.47. The van der Waals surface area contributed by atoms with Crippen molar-refractivity contribution in [3.63, 3.8) is 0 Å². The molecule has 1 N–H and O–H groups in total. The fourth-order valence-electron chi connectivity index (χ4n) is 2.28. The van der Waals surface area contributed by atoms with Gasteiger partial charge in [0.05, 0.1) is 12.8 Å². The summed E-state index contributed by atoms with van der Waals surface area (Å²) in [5.74, 6) is 0.866. The molecule has 4 nitrogen and oxygen atoms in total. The Kier molecular flexibility index (Phi) is 4.14. The van der Waals surface area contributed by atoms with Gasteiger partial charge in [0.2, 0.25) is 0 Å². The average molecular weight is 322 g/mol. The Morgan fingerprint density at radius 1 is 1.38 bits per heavy atom. The van der Waals surface area contributed by atoms with Crippen LogP contribution >= 0.6 is 22.9 Å². The van der Waals surface area contributed by atoms with Crippen molar-refractivity contribution in [2.24, 2.45) is 0 Å². The third-order valence-electron chi connectivity index (χ3n) is 3.44. The van der Waals surface area contributed by atoms with E-state index in [0.717, 1.165) is 22.9 Å². The van der Waals surface area contributed by atoms with Gasteiger partial charge in [-0.1, -0.05) is 23.7 Å². The molecule has 0 aliphatic carbocycles. The minimum atomic E-state index is 0.115. The van der Waals surface area contributed by atoms with Gasteiger partial charge in [-0.2, -0.15) is 0 Å². The Morgan fingerprint density at radius 2 is 2.14 bits per heavy atom. The van der Waals surface area contributed by atoms with Crippen LogP contribution in [0.1, 0.15) is 24.2 Å². The van der Waals surface area contributed by atoms with E-state index in [0.29, 0.717) is 5.15 Å². The molecule has 3 rings (SSSR count). The number of thiazole rings is 1. The van der Waals surface area contributed by atoms with Crippen LogP contribution < -0.4 is 10.1 Å². The van der Waals surface area contributed by atoms with Gasteiger partial charge in [0.1, 0.15) is 5.75 Å². The number of rotatable bonds is 5. The van der Waals surface area contributed by atoms with E-state index in [1.54, 1.807) is 18.4 Å². The summed E-state index contributed by atoms with van der Waals surface area (Å²) < 4.78 is 7.20. The summed E-state index contributed by atoms with van der Waals surface area (Å²) in [6, 6.07) is 8.15. The lowest BCUT2D eigenvalue weighted by Crippen LogP contribution is -2.19. The Balaban J connectivity index is 1.72. The molecule has 0 aliphatic rings. The van der Waals surface area contributed by atoms with Crippen LogP contribution in [-0.2, 0) is 6.54 Å². The molecule has 2 heterocycles. The number of halogens is 1. The first-order valence-corrected chi connectivity index (χ1v) is 7.92. The molecular weight excluding hydrogens is 306 g/mol. The summed E-state index contributed by atoms with van der Waals surface area (Å²) in [7, 11) is 1.67. The van der Waals surface area contributed by atoms with Crippen molar-refractivity contribution in [3.8, 4) is 5.75 Å². The minimum absolute atomic E-state index is 0.115. The maximum absolute atomic E-state index is 6.24. The van der Waals surface area contributed by atoms with Crippen LogP contribution in [0.3, 0.4) is 0 Å². The normalized spacial score (nSPS) is 12.7. The molecule has 0 aliphatic heterocycles. The fourth-order valence-corrected chi connectivity index (χ4v) is 3.38. The quantitative estimate of drug-likeness (QED) is 0.774. The monoisotopic (exact) mass is 321 g/mol. The van der Waals surface area contributed by atoms with E-state index in [9.17, 15) is 0 Å². The van der Waals surface area contributed by atoms with Crippen molar-refractivity contribution >= 4 is 27.9 Å². The standard InChI is InChI=1S/C15H16ClN3OS/c1-10(13-14(16)18-15-19(13)7-8-21-15)17-9-11-3-5-12(20-2)6-4-11/h3-8,10,17H,9H2,1-2H3/t10-/m0/s1. The lowest BCUT2D eigenvalue weighted by atomic mass is 10.2. The summed E-state index contributed by atoms with van der Waals surface area (Å²) in [5, 5.41) is 6.06. The fraction of sp³-hybridized carbons (Fsp3) is 0.267. The molecule has 0 bridgehead atoms. The van der Waals surface area contributed by atoms with Crippen LogP contribution in [0.2, 0.25) is 5.15 Å². The van der Waals surface area contributed by atoms with Gasteiger partial charge in [-0.25, -0.2) is 4.98 Å². The molecule has 0 fully saturated rings. The van der Waals surface area contributed by atoms with E-state index in [4.69, 9.17) is 16.3 Å². The van der Waals surface area contributed by atoms with Gasteiger partial charge in [-0.05, 0) is 24.6 Å². The van der Waals surface area contributed by atoms with Crippen molar-refractivity contribution in [2.75, 3.05) is 7.11 Å². The molecule has 0 amide bonds. The van der Waals surface area contributed by atoms with E-state index in [1.807, 2.05) is 28.1 Å². The number of fused-ring (bicyclic) bond motifs is 1. The molecule has 0 saturated heterocycles. The molecule has 0 saturated carbocycles. The van der Waals surface area contributed by atoms with Gasteiger partial charge < -0.3 is 10.1 Å². The van der Waals surface area contributed by atoms with Crippen LogP contribution in [0.15, 0.2) is 35.8 Å². The number of imidazole rings is 1. The predicted molar refractivity (Wildman–Crippen MR) is 86.3 cm³/mol. The predicted octanol–water partition coefficient (Wildman–Crippen LogP) is 3.91. The van der Waals surface area contributed by atoms with Crippen LogP contribution in [0, 0.1) is 0 Å². The lowest BCUT2D eigenvalue weighted by molar-refractivity contribution is 0.414. The molecule has 0 radical (unpaired) electrons. The summed E-state index contributed by atoms with van der Waals surface area (Å²) in [6.07, 6.45) is 2.00. The second-order valence-electron chi connectivity index (χ2n) is 4.79. The summed E-state index contributed by atoms with van der Waals surface area (Å²) in [6.45, 7) is 2.86. The minimum Gasteiger partial charge on any atom is -0.497 e. The number of ether oxygens (including phenoxy) is 1. The van der Waals surface area contributed by atoms with Crippen molar-refractivity contribution < 1.29 is 4.74 Å². The van der Waals surface area contributed by atoms with E-state index >= 15 is 0 Å². The Bertz CT molecular complexity index is 735. The Hall–Kier alpha value is -1.56. The largest absolute Gasteiger partial charge is 0.497 e. The first-order valence-electron chi connectivity index (χ1n) is 6.66. The van der Waals surface area contributed by atoms with E-state index in [2.05, 4.69) is 29.4 Å². The summed E-state index contributed by atoms with van der Waals surface area (Å²) >= 11 is 7.83. The Morgan fingerprint density at radius 3 is 2.86 bits per heavy atom. The zero-order valence-corrected chi connectivity index (χ0v) is 13.4. The zero-order valence-electron chi connectivity index (χ0n) is 11.8. The van der Waals surface area contributed by atoms with Crippen LogP contribution in [0.4, 0.5) is 0 Å². The van der Waals surface area contributed by atoms with E-state index < -0.39 is 0 Å². The molecule has 21 heavy (non-hydrogen) atoms. The highest BCUT2D eigenvalue weighted by atomic mass is 35.5. The highest BCUT2D eigenvalue weighted by Gasteiger charge is 2.17. The van der Waals surface area contributed by atoms with Gasteiger partial charge in [-0.15, -0.1) is 11.3 Å². The van der Waals surface area contributed by atoms with Crippen molar-refractivity contribution in [1.29, 1.82) is 0 Å². The molecular formula is C15H16ClN3OS. The number of hydrogen-bond acceptors (Lipinski definition) is 4. The van der Waals surface area contributed by atoms with Gasteiger partial charge in [0, 0.05) is 24.2 Å². The lowest BCUT2D eigenvalue weighted by Gasteiger charge is -2.14. The van der Waals surface area contributed by atoms with Crippen LogP contribution in [0.25, 0.3) is 4.96 Å². The summed E-state index contributed by atoms with van der Waals surface area (Å²) in [4.78, 5) is 5.29. The molecule has 3 aromatic rings. The van der Waals surface area contributed by atoms with Gasteiger partial charge in [0.25, 0.3) is 0 Å². The number of nitrogens with one attached hydrogen (secondary N) is 1. The van der Waals surface area contributed by atoms with Gasteiger partial charge in [0.15, 0.2) is 10.1 Å². The third kappa shape index (κ3) is 2.90. The van der Waals surface area contributed by atoms with Crippen LogP contribution in [-0.4, -0.2) is 16.5 Å². The highest BCUT2D eigenvalue weighted by molar-refractivity contribution is 7.15. The first kappa shape index (κ1) is 14.4. The smallest absolute Gasteiger partial charge is 0.195 e. The number of aromatic nitrogens is 2. The molecule has 0 spiro atoms. The van der Waals surface area contributed by atoms with Gasteiger partial charge in [-0.3, -0.25) is 4.40 Å². The van der Waals surface area contributed by atoms with E-state index in [-0.39, 0.29) is 6.04 Å². The number of methoxy groups -OCH3 is 1. The summed E-state index contributed by atoms with van der Waals surface area (Å²) in [5.41, 5.74) is 2.20. The molecule has 110 valence electrons. The van der Waals surface area contributed by atoms with Crippen molar-refractivity contribution in [1.82, 2.24) is 14.7 Å². The topological polar surface area (TPSA) is 38.6 Å². The molecule has 1 atom stereocenters. The first-order chi connectivity index (χ1) is 10.2. The van der Waals surface area contributed by atoms with Crippen molar-refractivity contribution in [3.05, 3.63) is 52.3 Å². The number of nitrogens with zero attached hydrogens (tertiary/aromatic N) is 2. The molecule has 6 heteroatoms. The molecule has 0 unspecified atom stereocenters. The average Bonchev–Trinajstić information content (AvgIpc) is 3.05. The highest BCUT2D eigenvalue weighted by Crippen LogP contribution is 2.26. The SMILES string of the molecule is COc1ccc(CN[C@@H](C)c2c(Cl)nc3sccn23)cc1. The second-order valence-corrected chi connectivity index (χ2v) is 6.03. The Labute approximate surface area is 132 Å². The maximum Gasteiger partial charge on any atom is 0.195 e. The van der Waals surface area contributed by atoms with Crippen molar-refractivity contribution in [2.45, 2.75) is 19.5 Å². The second kappa shape index (κ2) is 6.05. The zero-order chi connectivity index (χ0) is 14.8. The molecule has 1 aromatic carbocycles.